The van der Waals surface area contributed by atoms with E-state index in [9.17, 15) is 4.20 Å². The highest BCUT2D eigenvalue weighted by molar-refractivity contribution is 7.45. The minimum absolute atomic E-state index is 2.00. The minimum atomic E-state index is -5.14. The standard InChI is InChI=1S/FH2O3P.H2N3/c1-5(2,3)4;1-3-2/h(H2,2,3,4);1-2H/q;+1. The van der Waals surface area contributed by atoms with Crippen molar-refractivity contribution in [1.82, 2.24) is 4.91 Å². The lowest BCUT2D eigenvalue weighted by Gasteiger charge is -1.77. The number of rotatable bonds is 0. The highest BCUT2D eigenvalue weighted by Crippen LogP contribution is 2.34. The van der Waals surface area contributed by atoms with Crippen molar-refractivity contribution >= 4 is 7.91 Å². The zero-order valence-electron chi connectivity index (χ0n) is 3.58. The third-order valence-corrected chi connectivity index (χ3v) is 0. The van der Waals surface area contributed by atoms with Gasteiger partial charge in [0.05, 0.1) is 0 Å². The van der Waals surface area contributed by atoms with Crippen LogP contribution >= 0.6 is 7.91 Å². The van der Waals surface area contributed by atoms with E-state index in [1.165, 1.54) is 0 Å². The molecule has 6 nitrogen and oxygen atoms in total. The first kappa shape index (κ1) is 10.4. The van der Waals surface area contributed by atoms with Crippen LogP contribution in [-0.4, -0.2) is 9.79 Å². The van der Waals surface area contributed by atoms with Gasteiger partial charge in [-0.2, -0.15) is 0 Å². The molecule has 0 unspecified atom stereocenters. The van der Waals surface area contributed by atoms with Gasteiger partial charge in [-0.25, -0.2) is 4.57 Å². The van der Waals surface area contributed by atoms with Crippen molar-refractivity contribution in [2.45, 2.75) is 0 Å². The highest BCUT2D eigenvalue weighted by Gasteiger charge is 2.04. The molecule has 48 valence electrons. The Hall–Kier alpha value is -0.610. The van der Waals surface area contributed by atoms with Crippen LogP contribution in [-0.2, 0) is 4.57 Å². The third-order valence-electron chi connectivity index (χ3n) is 0. The second-order valence-electron chi connectivity index (χ2n) is 0.585. The number of nitrogens with zero attached hydrogens (tertiary/aromatic N) is 1. The Kier molecular flexibility index (Phi) is 5.90. The Balaban J connectivity index is 0. The number of hydrogen-bond acceptors (Lipinski definition) is 3. The molecule has 8 heavy (non-hydrogen) atoms. The molecule has 0 aromatic carbocycles. The molecule has 0 aliphatic rings. The molecule has 0 fully saturated rings. The fourth-order valence-electron chi connectivity index (χ4n) is 0. The van der Waals surface area contributed by atoms with Gasteiger partial charge < -0.3 is 0 Å². The van der Waals surface area contributed by atoms with E-state index < -0.39 is 7.91 Å². The largest absolute Gasteiger partial charge is 0.507 e. The Labute approximate surface area is 43.6 Å². The molecule has 0 rings (SSSR count). The Morgan fingerprint density at radius 2 is 1.50 bits per heavy atom. The first-order chi connectivity index (χ1) is 3.41. The monoisotopic (exact) mass is 144 g/mol. The summed E-state index contributed by atoms with van der Waals surface area (Å²) < 4.78 is 19.0. The fraction of sp³-hybridized carbons (Fsp3) is 0. The molecule has 0 bridgehead atoms. The van der Waals surface area contributed by atoms with Gasteiger partial charge in [0.1, 0.15) is 11.1 Å². The zero-order chi connectivity index (χ0) is 7.21. The Morgan fingerprint density at radius 1 is 1.50 bits per heavy atom. The number of halogens is 1. The van der Waals surface area contributed by atoms with Gasteiger partial charge in [0.2, 0.25) is 4.91 Å². The lowest BCUT2D eigenvalue weighted by molar-refractivity contribution is 0.322. The van der Waals surface area contributed by atoms with Crippen molar-refractivity contribution in [3.8, 4) is 0 Å². The van der Waals surface area contributed by atoms with E-state index in [-0.39, 0.29) is 0 Å². The molecule has 0 aliphatic carbocycles. The molecule has 8 heteroatoms. The van der Waals surface area contributed by atoms with Gasteiger partial charge in [-0.15, -0.1) is 4.20 Å². The highest BCUT2D eigenvalue weighted by atomic mass is 31.2. The zero-order valence-corrected chi connectivity index (χ0v) is 4.47. The van der Waals surface area contributed by atoms with E-state index in [0.717, 1.165) is 0 Å². The van der Waals surface area contributed by atoms with Gasteiger partial charge in [-0.05, 0) is 0 Å². The average molecular weight is 144 g/mol. The van der Waals surface area contributed by atoms with Gasteiger partial charge in [-0.1, -0.05) is 0 Å². The van der Waals surface area contributed by atoms with E-state index in [1.807, 2.05) is 4.91 Å². The van der Waals surface area contributed by atoms with Crippen molar-refractivity contribution in [1.29, 1.82) is 11.1 Å². The summed E-state index contributed by atoms with van der Waals surface area (Å²) in [7, 11) is -5.14. The van der Waals surface area contributed by atoms with Crippen LogP contribution in [0.15, 0.2) is 0 Å². The first-order valence-corrected chi connectivity index (χ1v) is 2.70. The van der Waals surface area contributed by atoms with Crippen LogP contribution in [0.2, 0.25) is 0 Å². The van der Waals surface area contributed by atoms with Crippen LogP contribution in [0.25, 0.3) is 0 Å². The quantitative estimate of drug-likeness (QED) is 0.220. The van der Waals surface area contributed by atoms with Crippen LogP contribution in [0.4, 0.5) is 4.20 Å². The Morgan fingerprint density at radius 3 is 1.50 bits per heavy atom. The topological polar surface area (TPSA) is 119 Å². The third kappa shape index (κ3) is 279. The molecule has 0 saturated heterocycles. The molecular weight excluding hydrogens is 140 g/mol. The summed E-state index contributed by atoms with van der Waals surface area (Å²) >= 11 is 0. The van der Waals surface area contributed by atoms with Gasteiger partial charge in [0.25, 0.3) is 0 Å². The fourth-order valence-corrected chi connectivity index (χ4v) is 0. The molecule has 0 aliphatic heterocycles. The lowest BCUT2D eigenvalue weighted by Crippen LogP contribution is -1.56. The first-order valence-electron chi connectivity index (χ1n) is 1.20. The summed E-state index contributed by atoms with van der Waals surface area (Å²) in [5, 5.41) is 0. The van der Waals surface area contributed by atoms with E-state index in [2.05, 4.69) is 0 Å². The summed E-state index contributed by atoms with van der Waals surface area (Å²) in [6.07, 6.45) is 0. The van der Waals surface area contributed by atoms with Crippen molar-refractivity contribution in [3.05, 3.63) is 0 Å². The minimum Gasteiger partial charge on any atom is -0.299 e. The maximum absolute atomic E-state index is 10.4. The molecule has 0 amide bonds. The van der Waals surface area contributed by atoms with Crippen LogP contribution in [0.3, 0.4) is 0 Å². The molecule has 0 radical (unpaired) electrons. The predicted molar refractivity (Wildman–Crippen MR) is 20.7 cm³/mol. The summed E-state index contributed by atoms with van der Waals surface area (Å²) in [5.41, 5.74) is 11.0. The van der Waals surface area contributed by atoms with Crippen LogP contribution in [0, 0.1) is 11.1 Å². The van der Waals surface area contributed by atoms with Crippen molar-refractivity contribution < 1.29 is 18.5 Å². The normalized spacial score (nSPS) is 8.38. The number of nitrogens with one attached hydrogen (secondary N) is 2. The molecule has 0 aromatic rings. The van der Waals surface area contributed by atoms with Crippen LogP contribution in [0.1, 0.15) is 0 Å². The number of hydrogen-bond donors (Lipinski definition) is 4. The van der Waals surface area contributed by atoms with E-state index in [1.54, 1.807) is 0 Å². The van der Waals surface area contributed by atoms with Gasteiger partial charge in [0, 0.05) is 0 Å². The van der Waals surface area contributed by atoms with Crippen molar-refractivity contribution in [2.24, 2.45) is 0 Å². The molecule has 0 atom stereocenters. The lowest BCUT2D eigenvalue weighted by atomic mass is 13.0. The molecule has 0 heterocycles. The maximum atomic E-state index is 10.4. The molecule has 0 spiro atoms. The Bertz CT molecular complexity index is 112. The molecule has 0 aromatic heterocycles. The summed E-state index contributed by atoms with van der Waals surface area (Å²) in [5.74, 6) is 0. The smallest absolute Gasteiger partial charge is 0.299 e. The van der Waals surface area contributed by atoms with Gasteiger partial charge >= 0.3 is 7.91 Å². The SMILES string of the molecule is N=[N+]=N.O=P(O)(O)F. The van der Waals surface area contributed by atoms with Gasteiger partial charge in [0.15, 0.2) is 0 Å². The van der Waals surface area contributed by atoms with E-state index in [0.29, 0.717) is 0 Å². The van der Waals surface area contributed by atoms with Crippen molar-refractivity contribution in [2.75, 3.05) is 0 Å². The van der Waals surface area contributed by atoms with Crippen LogP contribution in [0.5, 0.6) is 0 Å². The molecule has 4 N–H and O–H groups in total. The second-order valence-corrected chi connectivity index (χ2v) is 1.53. The average Bonchev–Trinajstić information content (AvgIpc) is 1.27. The summed E-state index contributed by atoms with van der Waals surface area (Å²) in [6.45, 7) is 0. The van der Waals surface area contributed by atoms with E-state index >= 15 is 0 Å². The molecule has 0 saturated carbocycles. The summed E-state index contributed by atoms with van der Waals surface area (Å²) in [6, 6.07) is 0. The van der Waals surface area contributed by atoms with E-state index in [4.69, 9.17) is 25.4 Å². The van der Waals surface area contributed by atoms with Crippen molar-refractivity contribution in [3.63, 3.8) is 0 Å². The summed E-state index contributed by atoms with van der Waals surface area (Å²) in [4.78, 5) is 15.9. The predicted octanol–water partition coefficient (Wildman–Crippen LogP) is 0.164. The maximum Gasteiger partial charge on any atom is 0.507 e. The molecular formula is H4FN3O3P+. The second kappa shape index (κ2) is 4.55. The van der Waals surface area contributed by atoms with Crippen LogP contribution < -0.4 is 4.91 Å². The van der Waals surface area contributed by atoms with Gasteiger partial charge in [-0.3, -0.25) is 9.79 Å².